The first kappa shape index (κ1) is 17.7. The predicted octanol–water partition coefficient (Wildman–Crippen LogP) is 3.44. The van der Waals surface area contributed by atoms with Crippen LogP contribution in [0.4, 0.5) is 0 Å². The minimum absolute atomic E-state index is 0.134. The molecule has 2 N–H and O–H groups in total. The molecule has 1 aromatic carbocycles. The van der Waals surface area contributed by atoms with Gasteiger partial charge in [-0.05, 0) is 36.3 Å². The van der Waals surface area contributed by atoms with Crippen molar-refractivity contribution in [3.05, 3.63) is 35.4 Å². The van der Waals surface area contributed by atoms with Crippen LogP contribution in [0.3, 0.4) is 0 Å². The summed E-state index contributed by atoms with van der Waals surface area (Å²) in [6.45, 7) is 11.1. The zero-order valence-electron chi connectivity index (χ0n) is 14.0. The average molecular weight is 291 g/mol. The molecular formula is C18H29NO2. The van der Waals surface area contributed by atoms with Crippen molar-refractivity contribution in [3.63, 3.8) is 0 Å². The molecule has 1 atom stereocenters. The van der Waals surface area contributed by atoms with Gasteiger partial charge in [0, 0.05) is 6.54 Å². The Morgan fingerprint density at radius 3 is 2.10 bits per heavy atom. The third-order valence-corrected chi connectivity index (χ3v) is 4.14. The SMILES string of the molecule is CCOC(=O)C(CC)(CN)Cc1ccc(C(C)(C)C)cc1. The highest BCUT2D eigenvalue weighted by Crippen LogP contribution is 2.29. The van der Waals surface area contributed by atoms with E-state index >= 15 is 0 Å². The van der Waals surface area contributed by atoms with Gasteiger partial charge in [0.25, 0.3) is 0 Å². The molecule has 0 saturated carbocycles. The lowest BCUT2D eigenvalue weighted by molar-refractivity contribution is -0.155. The van der Waals surface area contributed by atoms with E-state index in [9.17, 15) is 4.79 Å². The van der Waals surface area contributed by atoms with Crippen molar-refractivity contribution in [3.8, 4) is 0 Å². The summed E-state index contributed by atoms with van der Waals surface area (Å²) >= 11 is 0. The second-order valence-corrected chi connectivity index (χ2v) is 6.68. The first-order valence-electron chi connectivity index (χ1n) is 7.75. The Morgan fingerprint density at radius 1 is 1.14 bits per heavy atom. The summed E-state index contributed by atoms with van der Waals surface area (Å²) in [7, 11) is 0. The number of hydrogen-bond acceptors (Lipinski definition) is 3. The summed E-state index contributed by atoms with van der Waals surface area (Å²) in [6, 6.07) is 8.47. The van der Waals surface area contributed by atoms with E-state index in [1.165, 1.54) is 5.56 Å². The molecule has 3 heteroatoms. The molecule has 0 amide bonds. The van der Waals surface area contributed by atoms with Crippen molar-refractivity contribution in [1.29, 1.82) is 0 Å². The number of ether oxygens (including phenoxy) is 1. The third kappa shape index (κ3) is 4.31. The largest absolute Gasteiger partial charge is 0.466 e. The van der Waals surface area contributed by atoms with Crippen LogP contribution in [-0.4, -0.2) is 19.1 Å². The summed E-state index contributed by atoms with van der Waals surface area (Å²) in [6.07, 6.45) is 1.31. The number of rotatable bonds is 6. The molecule has 118 valence electrons. The van der Waals surface area contributed by atoms with E-state index in [-0.39, 0.29) is 11.4 Å². The highest BCUT2D eigenvalue weighted by atomic mass is 16.5. The summed E-state index contributed by atoms with van der Waals surface area (Å²) in [5.74, 6) is -0.185. The van der Waals surface area contributed by atoms with Gasteiger partial charge in [-0.1, -0.05) is 52.0 Å². The monoisotopic (exact) mass is 291 g/mol. The van der Waals surface area contributed by atoms with Gasteiger partial charge >= 0.3 is 5.97 Å². The van der Waals surface area contributed by atoms with Gasteiger partial charge in [0.15, 0.2) is 0 Å². The highest BCUT2D eigenvalue weighted by molar-refractivity contribution is 5.77. The molecule has 0 aliphatic carbocycles. The lowest BCUT2D eigenvalue weighted by atomic mass is 9.78. The Bertz CT molecular complexity index is 453. The lowest BCUT2D eigenvalue weighted by Gasteiger charge is -2.29. The zero-order chi connectivity index (χ0) is 16.1. The van der Waals surface area contributed by atoms with E-state index in [2.05, 4.69) is 45.0 Å². The minimum atomic E-state index is -0.612. The molecular weight excluding hydrogens is 262 g/mol. The highest BCUT2D eigenvalue weighted by Gasteiger charge is 2.37. The van der Waals surface area contributed by atoms with Gasteiger partial charge in [-0.25, -0.2) is 0 Å². The van der Waals surface area contributed by atoms with Crippen LogP contribution >= 0.6 is 0 Å². The molecule has 1 aromatic rings. The molecule has 0 aromatic heterocycles. The van der Waals surface area contributed by atoms with Gasteiger partial charge < -0.3 is 10.5 Å². The molecule has 0 radical (unpaired) electrons. The maximum absolute atomic E-state index is 12.3. The van der Waals surface area contributed by atoms with E-state index in [0.29, 0.717) is 26.0 Å². The van der Waals surface area contributed by atoms with Gasteiger partial charge in [-0.15, -0.1) is 0 Å². The fourth-order valence-corrected chi connectivity index (χ4v) is 2.44. The van der Waals surface area contributed by atoms with Crippen LogP contribution in [0.25, 0.3) is 0 Å². The van der Waals surface area contributed by atoms with Gasteiger partial charge in [0.2, 0.25) is 0 Å². The fourth-order valence-electron chi connectivity index (χ4n) is 2.44. The molecule has 3 nitrogen and oxygen atoms in total. The maximum atomic E-state index is 12.3. The normalized spacial score (nSPS) is 14.6. The Morgan fingerprint density at radius 2 is 1.71 bits per heavy atom. The predicted molar refractivity (Wildman–Crippen MR) is 87.3 cm³/mol. The van der Waals surface area contributed by atoms with Gasteiger partial charge in [-0.3, -0.25) is 4.79 Å². The quantitative estimate of drug-likeness (QED) is 0.817. The number of carbonyl (C=O) groups excluding carboxylic acids is 1. The number of esters is 1. The van der Waals surface area contributed by atoms with Crippen LogP contribution in [0, 0.1) is 5.41 Å². The molecule has 0 aliphatic rings. The van der Waals surface area contributed by atoms with E-state index in [4.69, 9.17) is 10.5 Å². The van der Waals surface area contributed by atoms with Crippen LogP contribution in [0.5, 0.6) is 0 Å². The van der Waals surface area contributed by atoms with Gasteiger partial charge in [0.1, 0.15) is 0 Å². The second-order valence-electron chi connectivity index (χ2n) is 6.68. The molecule has 0 fully saturated rings. The topological polar surface area (TPSA) is 52.3 Å². The number of carbonyl (C=O) groups is 1. The standard InChI is InChI=1S/C18H29NO2/c1-6-18(13-19,16(20)21-7-2)12-14-8-10-15(11-9-14)17(3,4)5/h8-11H,6-7,12-13,19H2,1-5H3. The zero-order valence-corrected chi connectivity index (χ0v) is 14.0. The minimum Gasteiger partial charge on any atom is -0.466 e. The molecule has 0 spiro atoms. The number of hydrogen-bond donors (Lipinski definition) is 1. The van der Waals surface area contributed by atoms with Gasteiger partial charge in [0.05, 0.1) is 12.0 Å². The number of benzene rings is 1. The van der Waals surface area contributed by atoms with E-state index in [1.54, 1.807) is 0 Å². The molecule has 21 heavy (non-hydrogen) atoms. The van der Waals surface area contributed by atoms with Crippen molar-refractivity contribution in [1.82, 2.24) is 0 Å². The van der Waals surface area contributed by atoms with E-state index < -0.39 is 5.41 Å². The van der Waals surface area contributed by atoms with E-state index in [1.807, 2.05) is 13.8 Å². The van der Waals surface area contributed by atoms with Crippen LogP contribution < -0.4 is 5.73 Å². The molecule has 0 bridgehead atoms. The number of nitrogens with two attached hydrogens (primary N) is 1. The van der Waals surface area contributed by atoms with Crippen LogP contribution in [0.2, 0.25) is 0 Å². The van der Waals surface area contributed by atoms with Crippen molar-refractivity contribution in [2.24, 2.45) is 11.1 Å². The summed E-state index contributed by atoms with van der Waals surface area (Å²) in [4.78, 5) is 12.3. The first-order chi connectivity index (χ1) is 9.79. The van der Waals surface area contributed by atoms with E-state index in [0.717, 1.165) is 5.56 Å². The van der Waals surface area contributed by atoms with Crippen molar-refractivity contribution in [2.75, 3.05) is 13.2 Å². The Kier molecular flexibility index (Phi) is 5.97. The van der Waals surface area contributed by atoms with Crippen LogP contribution in [0.15, 0.2) is 24.3 Å². The molecule has 0 saturated heterocycles. The molecule has 1 unspecified atom stereocenters. The summed E-state index contributed by atoms with van der Waals surface area (Å²) < 4.78 is 5.22. The van der Waals surface area contributed by atoms with Crippen LogP contribution in [0.1, 0.15) is 52.2 Å². The first-order valence-corrected chi connectivity index (χ1v) is 7.75. The van der Waals surface area contributed by atoms with Gasteiger partial charge in [-0.2, -0.15) is 0 Å². The Hall–Kier alpha value is -1.35. The summed E-state index contributed by atoms with van der Waals surface area (Å²) in [5.41, 5.74) is 7.84. The molecule has 0 heterocycles. The molecule has 1 rings (SSSR count). The average Bonchev–Trinajstić information content (AvgIpc) is 2.44. The van der Waals surface area contributed by atoms with Crippen LogP contribution in [-0.2, 0) is 21.4 Å². The second kappa shape index (κ2) is 7.08. The smallest absolute Gasteiger partial charge is 0.313 e. The van der Waals surface area contributed by atoms with Crippen molar-refractivity contribution >= 4 is 5.97 Å². The third-order valence-electron chi connectivity index (χ3n) is 4.14. The Balaban J connectivity index is 2.97. The van der Waals surface area contributed by atoms with Crippen molar-refractivity contribution in [2.45, 2.75) is 52.9 Å². The summed E-state index contributed by atoms with van der Waals surface area (Å²) in [5, 5.41) is 0. The fraction of sp³-hybridized carbons (Fsp3) is 0.611. The van der Waals surface area contributed by atoms with Crippen molar-refractivity contribution < 1.29 is 9.53 Å². The lowest BCUT2D eigenvalue weighted by Crippen LogP contribution is -2.41. The Labute approximate surface area is 128 Å². The molecule has 0 aliphatic heterocycles. The maximum Gasteiger partial charge on any atom is 0.313 e.